The van der Waals surface area contributed by atoms with Crippen molar-refractivity contribution in [2.45, 2.75) is 26.2 Å². The van der Waals surface area contributed by atoms with Gasteiger partial charge in [0.15, 0.2) is 0 Å². The summed E-state index contributed by atoms with van der Waals surface area (Å²) in [7, 11) is -3.42. The van der Waals surface area contributed by atoms with Crippen molar-refractivity contribution in [3.05, 3.63) is 29.8 Å². The molecule has 1 aromatic rings. The van der Waals surface area contributed by atoms with E-state index in [-0.39, 0.29) is 23.5 Å². The van der Waals surface area contributed by atoms with Crippen LogP contribution in [0.25, 0.3) is 0 Å². The minimum absolute atomic E-state index is 0.0247. The number of anilines is 1. The van der Waals surface area contributed by atoms with Crippen molar-refractivity contribution in [2.24, 2.45) is 11.7 Å². The highest BCUT2D eigenvalue weighted by Crippen LogP contribution is 2.20. The van der Waals surface area contributed by atoms with Crippen LogP contribution in [0, 0.1) is 5.92 Å². The number of hydrogen-bond acceptors (Lipinski definition) is 5. The highest BCUT2D eigenvalue weighted by atomic mass is 32.2. The lowest BCUT2D eigenvalue weighted by molar-refractivity contribution is -0.126. The van der Waals surface area contributed by atoms with E-state index in [1.807, 2.05) is 0 Å². The van der Waals surface area contributed by atoms with Gasteiger partial charge in [0, 0.05) is 37.4 Å². The van der Waals surface area contributed by atoms with Gasteiger partial charge in [-0.3, -0.25) is 14.3 Å². The van der Waals surface area contributed by atoms with Crippen molar-refractivity contribution in [1.82, 2.24) is 10.2 Å². The van der Waals surface area contributed by atoms with Gasteiger partial charge < -0.3 is 16.0 Å². The Balaban J connectivity index is 2.06. The van der Waals surface area contributed by atoms with Gasteiger partial charge in [-0.25, -0.2) is 8.42 Å². The Hall–Kier alpha value is -2.13. The molecule has 1 aromatic carbocycles. The number of nitrogens with zero attached hydrogens (tertiary/aromatic N) is 1. The fourth-order valence-electron chi connectivity index (χ4n) is 3.11. The lowest BCUT2D eigenvalue weighted by Crippen LogP contribution is -2.46. The Labute approximate surface area is 160 Å². The maximum Gasteiger partial charge on any atom is 0.253 e. The fourth-order valence-corrected chi connectivity index (χ4v) is 4.24. The Morgan fingerprint density at radius 3 is 2.81 bits per heavy atom. The third-order valence-corrected chi connectivity index (χ3v) is 5.87. The average molecular weight is 397 g/mol. The molecule has 27 heavy (non-hydrogen) atoms. The number of hydrogen-bond donors (Lipinski definition) is 3. The number of likely N-dealkylation sites (tertiary alicyclic amines) is 1. The minimum Gasteiger partial charge on any atom is -0.355 e. The number of sulfonamides is 1. The molecule has 1 heterocycles. The van der Waals surface area contributed by atoms with Crippen molar-refractivity contribution >= 4 is 27.5 Å². The van der Waals surface area contributed by atoms with E-state index < -0.39 is 10.0 Å². The Morgan fingerprint density at radius 2 is 2.11 bits per heavy atom. The van der Waals surface area contributed by atoms with Gasteiger partial charge in [-0.1, -0.05) is 13.0 Å². The van der Waals surface area contributed by atoms with E-state index in [1.165, 1.54) is 6.07 Å². The van der Waals surface area contributed by atoms with E-state index in [0.29, 0.717) is 43.9 Å². The van der Waals surface area contributed by atoms with Gasteiger partial charge in [-0.2, -0.15) is 0 Å². The van der Waals surface area contributed by atoms with Crippen molar-refractivity contribution < 1.29 is 18.0 Å². The molecule has 0 saturated carbocycles. The molecule has 0 radical (unpaired) electrons. The first-order valence-electron chi connectivity index (χ1n) is 9.24. The third kappa shape index (κ3) is 6.21. The van der Waals surface area contributed by atoms with E-state index in [9.17, 15) is 18.0 Å². The standard InChI is InChI=1S/C18H28N4O4S/c1-2-11-27(25,26)21-16-7-3-5-14(12-16)18(24)22-10-4-6-15(13-22)17(23)20-9-8-19/h3,5,7,12,15,21H,2,4,6,8-11,13,19H2,1H3,(H,20,23). The molecule has 0 bridgehead atoms. The van der Waals surface area contributed by atoms with Crippen LogP contribution in [0.1, 0.15) is 36.5 Å². The zero-order valence-corrected chi connectivity index (χ0v) is 16.4. The fraction of sp³-hybridized carbons (Fsp3) is 0.556. The van der Waals surface area contributed by atoms with Crippen LogP contribution in [0.3, 0.4) is 0 Å². The van der Waals surface area contributed by atoms with Crippen LogP contribution in [0.15, 0.2) is 24.3 Å². The molecular formula is C18H28N4O4S. The normalized spacial score (nSPS) is 17.4. The quantitative estimate of drug-likeness (QED) is 0.599. The lowest BCUT2D eigenvalue weighted by Gasteiger charge is -2.32. The molecule has 1 aliphatic rings. The number of carbonyl (C=O) groups is 2. The second kappa shape index (κ2) is 9.70. The summed E-state index contributed by atoms with van der Waals surface area (Å²) in [6.45, 7) is 3.51. The zero-order chi connectivity index (χ0) is 19.9. The van der Waals surface area contributed by atoms with Gasteiger partial charge in [-0.15, -0.1) is 0 Å². The number of nitrogens with two attached hydrogens (primary N) is 1. The predicted octanol–water partition coefficient (Wildman–Crippen LogP) is 0.765. The predicted molar refractivity (Wildman–Crippen MR) is 105 cm³/mol. The molecule has 1 unspecified atom stereocenters. The minimum atomic E-state index is -3.42. The number of piperidine rings is 1. The van der Waals surface area contributed by atoms with Gasteiger partial charge >= 0.3 is 0 Å². The lowest BCUT2D eigenvalue weighted by atomic mass is 9.96. The molecule has 2 amide bonds. The van der Waals surface area contributed by atoms with Crippen molar-refractivity contribution in [2.75, 3.05) is 36.7 Å². The van der Waals surface area contributed by atoms with E-state index in [4.69, 9.17) is 5.73 Å². The first-order chi connectivity index (χ1) is 12.9. The van der Waals surface area contributed by atoms with Crippen LogP contribution in [-0.2, 0) is 14.8 Å². The first kappa shape index (κ1) is 21.2. The summed E-state index contributed by atoms with van der Waals surface area (Å²) in [5.74, 6) is -0.515. The molecule has 1 atom stereocenters. The summed E-state index contributed by atoms with van der Waals surface area (Å²) in [5, 5.41) is 2.77. The second-order valence-electron chi connectivity index (χ2n) is 6.67. The molecule has 1 aliphatic heterocycles. The maximum absolute atomic E-state index is 12.8. The third-order valence-electron chi connectivity index (χ3n) is 4.38. The molecular weight excluding hydrogens is 368 g/mol. The Bertz CT molecular complexity index is 766. The summed E-state index contributed by atoms with van der Waals surface area (Å²) in [4.78, 5) is 26.6. The molecule has 0 aromatic heterocycles. The summed E-state index contributed by atoms with van der Waals surface area (Å²) in [6, 6.07) is 6.45. The molecule has 8 nitrogen and oxygen atoms in total. The average Bonchev–Trinajstić information content (AvgIpc) is 2.65. The molecule has 2 rings (SSSR count). The molecule has 9 heteroatoms. The van der Waals surface area contributed by atoms with E-state index >= 15 is 0 Å². The first-order valence-corrected chi connectivity index (χ1v) is 10.9. The molecule has 150 valence electrons. The number of carbonyl (C=O) groups excluding carboxylic acids is 2. The Morgan fingerprint density at radius 1 is 1.33 bits per heavy atom. The topological polar surface area (TPSA) is 122 Å². The van der Waals surface area contributed by atoms with Gasteiger partial charge in [0.25, 0.3) is 5.91 Å². The number of benzene rings is 1. The van der Waals surface area contributed by atoms with E-state index in [1.54, 1.807) is 30.0 Å². The van der Waals surface area contributed by atoms with Crippen molar-refractivity contribution in [3.63, 3.8) is 0 Å². The summed E-state index contributed by atoms with van der Waals surface area (Å²) in [5.41, 5.74) is 6.17. The van der Waals surface area contributed by atoms with Crippen LogP contribution in [-0.4, -0.2) is 57.1 Å². The van der Waals surface area contributed by atoms with E-state index in [0.717, 1.165) is 12.8 Å². The maximum atomic E-state index is 12.8. The number of amides is 2. The van der Waals surface area contributed by atoms with Crippen LogP contribution in [0.2, 0.25) is 0 Å². The molecule has 1 saturated heterocycles. The molecule has 0 aliphatic carbocycles. The van der Waals surface area contributed by atoms with Crippen molar-refractivity contribution in [3.8, 4) is 0 Å². The smallest absolute Gasteiger partial charge is 0.253 e. The Kier molecular flexibility index (Phi) is 7.61. The van der Waals surface area contributed by atoms with Crippen LogP contribution >= 0.6 is 0 Å². The SMILES string of the molecule is CCCS(=O)(=O)Nc1cccc(C(=O)N2CCCC(C(=O)NCCN)C2)c1. The van der Waals surface area contributed by atoms with Crippen LogP contribution in [0.4, 0.5) is 5.69 Å². The number of nitrogens with one attached hydrogen (secondary N) is 2. The largest absolute Gasteiger partial charge is 0.355 e. The number of rotatable bonds is 8. The molecule has 1 fully saturated rings. The highest BCUT2D eigenvalue weighted by Gasteiger charge is 2.28. The van der Waals surface area contributed by atoms with Crippen LogP contribution < -0.4 is 15.8 Å². The van der Waals surface area contributed by atoms with Gasteiger partial charge in [-0.05, 0) is 37.5 Å². The van der Waals surface area contributed by atoms with Gasteiger partial charge in [0.1, 0.15) is 0 Å². The van der Waals surface area contributed by atoms with Crippen LogP contribution in [0.5, 0.6) is 0 Å². The summed E-state index contributed by atoms with van der Waals surface area (Å²) in [6.07, 6.45) is 1.99. The van der Waals surface area contributed by atoms with E-state index in [2.05, 4.69) is 10.0 Å². The summed E-state index contributed by atoms with van der Waals surface area (Å²) < 4.78 is 26.3. The zero-order valence-electron chi connectivity index (χ0n) is 15.6. The van der Waals surface area contributed by atoms with Gasteiger partial charge in [0.05, 0.1) is 11.7 Å². The monoisotopic (exact) mass is 396 g/mol. The molecule has 4 N–H and O–H groups in total. The molecule has 0 spiro atoms. The van der Waals surface area contributed by atoms with Crippen molar-refractivity contribution in [1.29, 1.82) is 0 Å². The van der Waals surface area contributed by atoms with Gasteiger partial charge in [0.2, 0.25) is 15.9 Å². The summed E-state index contributed by atoms with van der Waals surface area (Å²) >= 11 is 0. The second-order valence-corrected chi connectivity index (χ2v) is 8.51. The highest BCUT2D eigenvalue weighted by molar-refractivity contribution is 7.92.